The van der Waals surface area contributed by atoms with E-state index in [9.17, 15) is 4.79 Å². The van der Waals surface area contributed by atoms with Gasteiger partial charge in [0.2, 0.25) is 5.95 Å². The lowest BCUT2D eigenvalue weighted by atomic mass is 9.81. The summed E-state index contributed by atoms with van der Waals surface area (Å²) in [6.45, 7) is 1.96. The average molecular weight is 312 g/mol. The van der Waals surface area contributed by atoms with Crippen LogP contribution in [0.1, 0.15) is 28.8 Å². The van der Waals surface area contributed by atoms with Crippen molar-refractivity contribution in [1.82, 2.24) is 14.9 Å². The molecule has 1 aromatic carbocycles. The zero-order valence-electron chi connectivity index (χ0n) is 13.1. The van der Waals surface area contributed by atoms with Gasteiger partial charge in [0, 0.05) is 25.5 Å². The molecule has 0 amide bonds. The van der Waals surface area contributed by atoms with Gasteiger partial charge in [0.25, 0.3) is 0 Å². The van der Waals surface area contributed by atoms with Gasteiger partial charge in [-0.25, -0.2) is 14.8 Å². The Morgan fingerprint density at radius 3 is 2.35 bits per heavy atom. The summed E-state index contributed by atoms with van der Waals surface area (Å²) in [6, 6.07) is 10.3. The second kappa shape index (κ2) is 6.34. The van der Waals surface area contributed by atoms with Crippen molar-refractivity contribution >= 4 is 11.9 Å². The normalized spacial score (nSPS) is 17.6. The van der Waals surface area contributed by atoms with Gasteiger partial charge in [-0.05, 0) is 25.5 Å². The van der Waals surface area contributed by atoms with Crippen LogP contribution >= 0.6 is 0 Å². The smallest absolute Gasteiger partial charge is 0.338 e. The number of anilines is 1. The van der Waals surface area contributed by atoms with Gasteiger partial charge in [-0.1, -0.05) is 30.3 Å². The molecule has 1 saturated heterocycles. The molecule has 0 saturated carbocycles. The van der Waals surface area contributed by atoms with Crippen LogP contribution in [0.2, 0.25) is 0 Å². The second-order valence-electron chi connectivity index (χ2n) is 5.98. The van der Waals surface area contributed by atoms with E-state index in [2.05, 4.69) is 39.4 Å². The Hall–Kier alpha value is -2.47. The number of hydrogen-bond donors (Lipinski definition) is 2. The fourth-order valence-corrected chi connectivity index (χ4v) is 2.96. The molecular weight excluding hydrogens is 292 g/mol. The molecule has 3 rings (SSSR count). The number of hydrogen-bond acceptors (Lipinski definition) is 5. The third-order valence-electron chi connectivity index (χ3n) is 4.42. The fourth-order valence-electron chi connectivity index (χ4n) is 2.96. The van der Waals surface area contributed by atoms with Crippen LogP contribution < -0.4 is 5.32 Å². The van der Waals surface area contributed by atoms with Gasteiger partial charge in [-0.2, -0.15) is 0 Å². The first-order chi connectivity index (χ1) is 11.1. The lowest BCUT2D eigenvalue weighted by molar-refractivity contribution is 0.0696. The van der Waals surface area contributed by atoms with Crippen LogP contribution in [0.25, 0.3) is 0 Å². The number of carboxylic acids is 1. The van der Waals surface area contributed by atoms with E-state index in [1.54, 1.807) is 0 Å². The minimum absolute atomic E-state index is 0.0905. The average Bonchev–Trinajstić information content (AvgIpc) is 2.58. The summed E-state index contributed by atoms with van der Waals surface area (Å²) in [6.07, 6.45) is 4.56. The number of nitrogens with one attached hydrogen (secondary N) is 1. The number of carbonyl (C=O) groups is 1. The number of benzene rings is 1. The Bertz CT molecular complexity index is 665. The van der Waals surface area contributed by atoms with Crippen LogP contribution in [-0.2, 0) is 5.54 Å². The Morgan fingerprint density at radius 2 is 1.78 bits per heavy atom. The van der Waals surface area contributed by atoms with Crippen molar-refractivity contribution in [3.05, 3.63) is 53.9 Å². The van der Waals surface area contributed by atoms with Gasteiger partial charge in [0.05, 0.1) is 11.1 Å². The molecule has 0 spiro atoms. The molecule has 2 aromatic rings. The Labute approximate surface area is 135 Å². The van der Waals surface area contributed by atoms with E-state index in [4.69, 9.17) is 5.11 Å². The summed E-state index contributed by atoms with van der Waals surface area (Å²) in [5.74, 6) is -0.558. The third kappa shape index (κ3) is 3.32. The van der Waals surface area contributed by atoms with Crippen molar-refractivity contribution < 1.29 is 9.90 Å². The Balaban J connectivity index is 1.89. The number of aromatic nitrogens is 2. The largest absolute Gasteiger partial charge is 0.478 e. The highest BCUT2D eigenvalue weighted by molar-refractivity contribution is 5.86. The lowest BCUT2D eigenvalue weighted by Crippen LogP contribution is -2.46. The summed E-state index contributed by atoms with van der Waals surface area (Å²) in [7, 11) is 2.12. The van der Waals surface area contributed by atoms with Crippen molar-refractivity contribution in [2.45, 2.75) is 18.4 Å². The molecule has 0 radical (unpaired) electrons. The van der Waals surface area contributed by atoms with E-state index in [0.29, 0.717) is 5.95 Å². The zero-order valence-corrected chi connectivity index (χ0v) is 13.1. The van der Waals surface area contributed by atoms with Gasteiger partial charge < -0.3 is 15.3 Å². The lowest BCUT2D eigenvalue weighted by Gasteiger charge is -2.41. The fraction of sp³-hybridized carbons (Fsp3) is 0.353. The first-order valence-corrected chi connectivity index (χ1v) is 7.67. The maximum absolute atomic E-state index is 10.9. The monoisotopic (exact) mass is 312 g/mol. The van der Waals surface area contributed by atoms with Crippen molar-refractivity contribution in [3.63, 3.8) is 0 Å². The van der Waals surface area contributed by atoms with Gasteiger partial charge >= 0.3 is 5.97 Å². The molecule has 0 atom stereocenters. The van der Waals surface area contributed by atoms with E-state index in [1.165, 1.54) is 18.0 Å². The minimum Gasteiger partial charge on any atom is -0.478 e. The van der Waals surface area contributed by atoms with E-state index < -0.39 is 5.97 Å². The maximum Gasteiger partial charge on any atom is 0.338 e. The summed E-state index contributed by atoms with van der Waals surface area (Å²) < 4.78 is 0. The highest BCUT2D eigenvalue weighted by Gasteiger charge is 2.36. The van der Waals surface area contributed by atoms with Crippen molar-refractivity contribution in [2.75, 3.05) is 25.5 Å². The molecule has 6 nitrogen and oxygen atoms in total. The molecule has 1 aliphatic rings. The molecule has 2 heterocycles. The molecule has 1 aliphatic heterocycles. The van der Waals surface area contributed by atoms with Gasteiger partial charge in [-0.3, -0.25) is 0 Å². The molecule has 120 valence electrons. The molecule has 2 N–H and O–H groups in total. The third-order valence-corrected chi connectivity index (χ3v) is 4.42. The molecule has 0 bridgehead atoms. The first kappa shape index (κ1) is 15.4. The SMILES string of the molecule is CN1CCC(Nc2ncc(C(=O)O)cn2)(c2ccccc2)CC1. The number of likely N-dealkylation sites (tertiary alicyclic amines) is 1. The molecule has 0 aliphatic carbocycles. The molecule has 23 heavy (non-hydrogen) atoms. The number of piperidine rings is 1. The van der Waals surface area contributed by atoms with E-state index in [-0.39, 0.29) is 11.1 Å². The van der Waals surface area contributed by atoms with Crippen LogP contribution in [0.3, 0.4) is 0 Å². The van der Waals surface area contributed by atoms with Crippen LogP contribution in [0.5, 0.6) is 0 Å². The van der Waals surface area contributed by atoms with Crippen molar-refractivity contribution in [1.29, 1.82) is 0 Å². The van der Waals surface area contributed by atoms with Crippen molar-refractivity contribution in [3.8, 4) is 0 Å². The molecule has 1 fully saturated rings. The zero-order chi connectivity index (χ0) is 16.3. The summed E-state index contributed by atoms with van der Waals surface area (Å²) in [5, 5.41) is 12.4. The highest BCUT2D eigenvalue weighted by Crippen LogP contribution is 2.35. The van der Waals surface area contributed by atoms with Gasteiger partial charge in [0.15, 0.2) is 0 Å². The number of carboxylic acid groups (broad SMARTS) is 1. The van der Waals surface area contributed by atoms with Gasteiger partial charge in [0.1, 0.15) is 0 Å². The quantitative estimate of drug-likeness (QED) is 0.901. The topological polar surface area (TPSA) is 78.4 Å². The predicted octanol–water partition coefficient (Wildman–Crippen LogP) is 2.21. The Kier molecular flexibility index (Phi) is 4.25. The minimum atomic E-state index is -1.02. The maximum atomic E-state index is 10.9. The molecule has 1 aromatic heterocycles. The van der Waals surface area contributed by atoms with E-state index in [1.807, 2.05) is 18.2 Å². The molecular formula is C17H20N4O2. The van der Waals surface area contributed by atoms with Crippen molar-refractivity contribution in [2.24, 2.45) is 0 Å². The summed E-state index contributed by atoms with van der Waals surface area (Å²) in [4.78, 5) is 21.6. The van der Waals surface area contributed by atoms with Gasteiger partial charge in [-0.15, -0.1) is 0 Å². The standard InChI is InChI=1S/C17H20N4O2/c1-21-9-7-17(8-10-21,14-5-3-2-4-6-14)20-16-18-11-13(12-19-16)15(22)23/h2-6,11-12H,7-10H2,1H3,(H,22,23)(H,18,19,20). The van der Waals surface area contributed by atoms with Crippen LogP contribution in [0, 0.1) is 0 Å². The summed E-state index contributed by atoms with van der Waals surface area (Å²) >= 11 is 0. The Morgan fingerprint density at radius 1 is 1.17 bits per heavy atom. The van der Waals surface area contributed by atoms with Crippen LogP contribution in [0.15, 0.2) is 42.7 Å². The van der Waals surface area contributed by atoms with E-state index >= 15 is 0 Å². The number of rotatable bonds is 4. The predicted molar refractivity (Wildman–Crippen MR) is 87.5 cm³/mol. The van der Waals surface area contributed by atoms with Crippen LogP contribution in [0.4, 0.5) is 5.95 Å². The summed E-state index contributed by atoms with van der Waals surface area (Å²) in [5.41, 5.74) is 1.07. The first-order valence-electron chi connectivity index (χ1n) is 7.67. The molecule has 0 unspecified atom stereocenters. The number of aromatic carboxylic acids is 1. The number of nitrogens with zero attached hydrogens (tertiary/aromatic N) is 3. The van der Waals surface area contributed by atoms with Crippen LogP contribution in [-0.4, -0.2) is 46.1 Å². The second-order valence-corrected chi connectivity index (χ2v) is 5.98. The highest BCUT2D eigenvalue weighted by atomic mass is 16.4. The molecule has 6 heteroatoms. The van der Waals surface area contributed by atoms with E-state index in [0.717, 1.165) is 25.9 Å².